The molecule has 0 spiro atoms. The smallest absolute Gasteiger partial charge is 0.307 e. The highest BCUT2D eigenvalue weighted by atomic mass is 32.2. The number of nitrogens with one attached hydrogen (secondary N) is 1. The van der Waals surface area contributed by atoms with E-state index in [-0.39, 0.29) is 29.0 Å². The monoisotopic (exact) mass is 339 g/mol. The SMILES string of the molecule is Cc1ccc(S(=O)(=O)CCC(=O)O[C@@H](C)C(=O)NC2CC2)cc1. The lowest BCUT2D eigenvalue weighted by molar-refractivity contribution is -0.154. The molecule has 23 heavy (non-hydrogen) atoms. The second kappa shape index (κ2) is 7.12. The molecule has 1 aliphatic carbocycles. The fourth-order valence-electron chi connectivity index (χ4n) is 1.94. The average molecular weight is 339 g/mol. The summed E-state index contributed by atoms with van der Waals surface area (Å²) in [5, 5.41) is 2.73. The van der Waals surface area contributed by atoms with E-state index >= 15 is 0 Å². The molecule has 0 bridgehead atoms. The molecule has 1 atom stereocenters. The van der Waals surface area contributed by atoms with Gasteiger partial charge in [-0.05, 0) is 38.8 Å². The number of sulfone groups is 1. The van der Waals surface area contributed by atoms with Gasteiger partial charge in [0.15, 0.2) is 15.9 Å². The Bertz CT molecular complexity index is 677. The zero-order valence-electron chi connectivity index (χ0n) is 13.2. The third-order valence-corrected chi connectivity index (χ3v) is 5.29. The fourth-order valence-corrected chi connectivity index (χ4v) is 3.16. The lowest BCUT2D eigenvalue weighted by Gasteiger charge is -2.13. The van der Waals surface area contributed by atoms with Crippen molar-refractivity contribution >= 4 is 21.7 Å². The minimum Gasteiger partial charge on any atom is -0.453 e. The summed E-state index contributed by atoms with van der Waals surface area (Å²) in [6.45, 7) is 3.34. The zero-order valence-corrected chi connectivity index (χ0v) is 14.1. The van der Waals surface area contributed by atoms with E-state index in [4.69, 9.17) is 4.74 Å². The molecule has 126 valence electrons. The summed E-state index contributed by atoms with van der Waals surface area (Å²) < 4.78 is 29.2. The molecule has 2 rings (SSSR count). The zero-order chi connectivity index (χ0) is 17.0. The largest absolute Gasteiger partial charge is 0.453 e. The Hall–Kier alpha value is -1.89. The Kier molecular flexibility index (Phi) is 5.41. The van der Waals surface area contributed by atoms with Crippen molar-refractivity contribution in [1.29, 1.82) is 0 Å². The van der Waals surface area contributed by atoms with Crippen LogP contribution in [0.15, 0.2) is 29.2 Å². The Balaban J connectivity index is 1.82. The van der Waals surface area contributed by atoms with Crippen molar-refractivity contribution < 1.29 is 22.7 Å². The first-order valence-corrected chi connectivity index (χ1v) is 9.22. The maximum atomic E-state index is 12.1. The van der Waals surface area contributed by atoms with Crippen LogP contribution in [-0.4, -0.2) is 38.2 Å². The number of carbonyl (C=O) groups is 2. The van der Waals surface area contributed by atoms with Crippen molar-refractivity contribution in [3.05, 3.63) is 29.8 Å². The van der Waals surface area contributed by atoms with Crippen LogP contribution < -0.4 is 5.32 Å². The number of rotatable bonds is 7. The van der Waals surface area contributed by atoms with Gasteiger partial charge in [-0.1, -0.05) is 17.7 Å². The molecule has 7 heteroatoms. The highest BCUT2D eigenvalue weighted by Crippen LogP contribution is 2.19. The molecule has 1 saturated carbocycles. The molecule has 0 saturated heterocycles. The normalized spacial score (nSPS) is 15.7. The van der Waals surface area contributed by atoms with E-state index in [0.717, 1.165) is 18.4 Å². The molecule has 1 aromatic carbocycles. The van der Waals surface area contributed by atoms with Crippen molar-refractivity contribution in [2.75, 3.05) is 5.75 Å². The molecule has 0 unspecified atom stereocenters. The van der Waals surface area contributed by atoms with E-state index < -0.39 is 21.9 Å². The van der Waals surface area contributed by atoms with Crippen molar-refractivity contribution in [3.8, 4) is 0 Å². The molecule has 1 N–H and O–H groups in total. The number of carbonyl (C=O) groups excluding carboxylic acids is 2. The summed E-state index contributed by atoms with van der Waals surface area (Å²) in [7, 11) is -3.54. The van der Waals surface area contributed by atoms with Crippen LogP contribution in [0.25, 0.3) is 0 Å². The molecular weight excluding hydrogens is 318 g/mol. The van der Waals surface area contributed by atoms with E-state index in [1.54, 1.807) is 12.1 Å². The van der Waals surface area contributed by atoms with Gasteiger partial charge in [0.2, 0.25) is 0 Å². The van der Waals surface area contributed by atoms with Gasteiger partial charge in [0.25, 0.3) is 5.91 Å². The summed E-state index contributed by atoms with van der Waals surface area (Å²) in [4.78, 5) is 23.6. The maximum absolute atomic E-state index is 12.1. The van der Waals surface area contributed by atoms with Gasteiger partial charge in [-0.2, -0.15) is 0 Å². The molecule has 0 radical (unpaired) electrons. The summed E-state index contributed by atoms with van der Waals surface area (Å²) in [6.07, 6.45) is 0.699. The minimum atomic E-state index is -3.54. The van der Waals surface area contributed by atoms with Crippen molar-refractivity contribution in [3.63, 3.8) is 0 Å². The summed E-state index contributed by atoms with van der Waals surface area (Å²) in [5.41, 5.74) is 0.957. The third-order valence-electron chi connectivity index (χ3n) is 3.56. The first kappa shape index (κ1) is 17.5. The van der Waals surface area contributed by atoms with Gasteiger partial charge >= 0.3 is 5.97 Å². The predicted molar refractivity (Wildman–Crippen MR) is 84.6 cm³/mol. The molecule has 0 aromatic heterocycles. The number of ether oxygens (including phenoxy) is 1. The maximum Gasteiger partial charge on any atom is 0.307 e. The second-order valence-corrected chi connectivity index (χ2v) is 7.91. The van der Waals surface area contributed by atoms with E-state index in [2.05, 4.69) is 5.32 Å². The Morgan fingerprint density at radius 2 is 1.87 bits per heavy atom. The Morgan fingerprint density at radius 3 is 2.43 bits per heavy atom. The lowest BCUT2D eigenvalue weighted by Crippen LogP contribution is -2.37. The summed E-state index contributed by atoms with van der Waals surface area (Å²) in [6, 6.07) is 6.62. The Morgan fingerprint density at radius 1 is 1.26 bits per heavy atom. The molecule has 1 amide bonds. The lowest BCUT2D eigenvalue weighted by atomic mass is 10.2. The van der Waals surface area contributed by atoms with Gasteiger partial charge in [0.05, 0.1) is 17.1 Å². The average Bonchev–Trinajstić information content (AvgIpc) is 3.29. The van der Waals surface area contributed by atoms with Crippen molar-refractivity contribution in [2.45, 2.75) is 50.2 Å². The molecule has 0 heterocycles. The van der Waals surface area contributed by atoms with Crippen LogP contribution in [-0.2, 0) is 24.2 Å². The highest BCUT2D eigenvalue weighted by Gasteiger charge is 2.27. The molecule has 0 aliphatic heterocycles. The molecule has 6 nitrogen and oxygen atoms in total. The van der Waals surface area contributed by atoms with Crippen molar-refractivity contribution in [2.24, 2.45) is 0 Å². The van der Waals surface area contributed by atoms with Crippen LogP contribution in [0, 0.1) is 6.92 Å². The number of aryl methyl sites for hydroxylation is 1. The minimum absolute atomic E-state index is 0.176. The molecule has 1 aliphatic rings. The topological polar surface area (TPSA) is 89.5 Å². The summed E-state index contributed by atoms with van der Waals surface area (Å²) in [5.74, 6) is -1.38. The van der Waals surface area contributed by atoms with Crippen LogP contribution in [0.3, 0.4) is 0 Å². The molecular formula is C16H21NO5S. The first-order valence-electron chi connectivity index (χ1n) is 7.57. The number of benzene rings is 1. The number of hydrogen-bond donors (Lipinski definition) is 1. The van der Waals surface area contributed by atoms with Gasteiger partial charge < -0.3 is 10.1 Å². The summed E-state index contributed by atoms with van der Waals surface area (Å²) >= 11 is 0. The number of esters is 1. The van der Waals surface area contributed by atoms with Crippen LogP contribution >= 0.6 is 0 Å². The first-order chi connectivity index (χ1) is 10.8. The van der Waals surface area contributed by atoms with Gasteiger partial charge in [-0.15, -0.1) is 0 Å². The van der Waals surface area contributed by atoms with E-state index in [1.165, 1.54) is 19.1 Å². The van der Waals surface area contributed by atoms with Gasteiger partial charge in [0, 0.05) is 6.04 Å². The highest BCUT2D eigenvalue weighted by molar-refractivity contribution is 7.91. The van der Waals surface area contributed by atoms with Gasteiger partial charge in [-0.3, -0.25) is 9.59 Å². The fraction of sp³-hybridized carbons (Fsp3) is 0.500. The number of amides is 1. The molecule has 1 aromatic rings. The van der Waals surface area contributed by atoms with Gasteiger partial charge in [-0.25, -0.2) is 8.42 Å². The Labute approximate surface area is 136 Å². The quantitative estimate of drug-likeness (QED) is 0.758. The third kappa shape index (κ3) is 5.35. The van der Waals surface area contributed by atoms with E-state index in [9.17, 15) is 18.0 Å². The number of hydrogen-bond acceptors (Lipinski definition) is 5. The van der Waals surface area contributed by atoms with Crippen LogP contribution in [0.4, 0.5) is 0 Å². The van der Waals surface area contributed by atoms with Crippen LogP contribution in [0.2, 0.25) is 0 Å². The standard InChI is InChI=1S/C16H21NO5S/c1-11-3-7-14(8-4-11)23(20,21)10-9-15(18)22-12(2)16(19)17-13-5-6-13/h3-4,7-8,12-13H,5-6,9-10H2,1-2H3,(H,17,19)/t12-/m0/s1. The molecule has 1 fully saturated rings. The van der Waals surface area contributed by atoms with Crippen LogP contribution in [0.5, 0.6) is 0 Å². The van der Waals surface area contributed by atoms with Gasteiger partial charge in [0.1, 0.15) is 0 Å². The second-order valence-electron chi connectivity index (χ2n) is 5.80. The van der Waals surface area contributed by atoms with E-state index in [0.29, 0.717) is 0 Å². The van der Waals surface area contributed by atoms with E-state index in [1.807, 2.05) is 6.92 Å². The predicted octanol–water partition coefficient (Wildman–Crippen LogP) is 1.37. The van der Waals surface area contributed by atoms with Crippen LogP contribution in [0.1, 0.15) is 31.7 Å². The van der Waals surface area contributed by atoms with Crippen molar-refractivity contribution in [1.82, 2.24) is 5.32 Å².